The molecule has 1 unspecified atom stereocenters. The van der Waals surface area contributed by atoms with Crippen LogP contribution in [0.2, 0.25) is 0 Å². The normalized spacial score (nSPS) is 20.3. The minimum atomic E-state index is -1.04. The number of rotatable bonds is 5. The van der Waals surface area contributed by atoms with Gasteiger partial charge < -0.3 is 20.5 Å². The first-order valence-corrected chi connectivity index (χ1v) is 10.0. The summed E-state index contributed by atoms with van der Waals surface area (Å²) in [6.45, 7) is 9.36. The van der Waals surface area contributed by atoms with Gasteiger partial charge in [0.25, 0.3) is 0 Å². The number of carboxylic acid groups (broad SMARTS) is 1. The van der Waals surface area contributed by atoms with Gasteiger partial charge in [0.15, 0.2) is 0 Å². The highest BCUT2D eigenvalue weighted by Crippen LogP contribution is 2.30. The largest absolute Gasteiger partial charge is 0.478 e. The quantitative estimate of drug-likeness (QED) is 0.672. The molecule has 0 aliphatic heterocycles. The average molecular weight is 402 g/mol. The molecule has 0 aromatic heterocycles. The van der Waals surface area contributed by atoms with Crippen LogP contribution in [0.5, 0.6) is 0 Å². The number of nitrogens with zero attached hydrogens (tertiary/aromatic N) is 1. The molecular weight excluding hydrogens is 370 g/mol. The molecule has 158 valence electrons. The SMILES string of the molecule is Cc1c(NC(C)C2CCC(NC(=O)OC(C)(C)C)CC2)cc(C#N)cc1C(=O)O. The summed E-state index contributed by atoms with van der Waals surface area (Å²) in [5, 5.41) is 24.9. The zero-order chi connectivity index (χ0) is 21.8. The second kappa shape index (κ2) is 9.17. The Morgan fingerprint density at radius 3 is 2.38 bits per heavy atom. The molecule has 3 N–H and O–H groups in total. The van der Waals surface area contributed by atoms with Gasteiger partial charge in [-0.05, 0) is 83.9 Å². The smallest absolute Gasteiger partial charge is 0.407 e. The minimum absolute atomic E-state index is 0.107. The highest BCUT2D eigenvalue weighted by Gasteiger charge is 2.28. The molecule has 0 radical (unpaired) electrons. The van der Waals surface area contributed by atoms with E-state index in [1.165, 1.54) is 6.07 Å². The Kier molecular flexibility index (Phi) is 7.12. The van der Waals surface area contributed by atoms with Crippen LogP contribution in [0.1, 0.15) is 74.9 Å². The maximum Gasteiger partial charge on any atom is 0.407 e. The van der Waals surface area contributed by atoms with E-state index in [-0.39, 0.29) is 23.7 Å². The lowest BCUT2D eigenvalue weighted by Gasteiger charge is -2.34. The summed E-state index contributed by atoms with van der Waals surface area (Å²) in [4.78, 5) is 23.4. The van der Waals surface area contributed by atoms with Crippen molar-refractivity contribution < 1.29 is 19.4 Å². The number of nitriles is 1. The third-order valence-corrected chi connectivity index (χ3v) is 5.35. The fraction of sp³-hybridized carbons (Fsp3) is 0.591. The second-order valence-electron chi connectivity index (χ2n) is 8.80. The molecule has 1 aliphatic rings. The van der Waals surface area contributed by atoms with Gasteiger partial charge in [0, 0.05) is 17.8 Å². The van der Waals surface area contributed by atoms with E-state index in [2.05, 4.69) is 17.6 Å². The van der Waals surface area contributed by atoms with E-state index >= 15 is 0 Å². The predicted molar refractivity (Wildman–Crippen MR) is 111 cm³/mol. The molecule has 0 spiro atoms. The Balaban J connectivity index is 1.96. The van der Waals surface area contributed by atoms with E-state index in [0.29, 0.717) is 22.7 Å². The highest BCUT2D eigenvalue weighted by atomic mass is 16.6. The van der Waals surface area contributed by atoms with Gasteiger partial charge in [0.2, 0.25) is 0 Å². The zero-order valence-corrected chi connectivity index (χ0v) is 17.8. The molecule has 0 heterocycles. The Morgan fingerprint density at radius 1 is 1.24 bits per heavy atom. The van der Waals surface area contributed by atoms with Crippen molar-refractivity contribution in [2.75, 3.05) is 5.32 Å². The Labute approximate surface area is 172 Å². The average Bonchev–Trinajstić information content (AvgIpc) is 2.62. The lowest BCUT2D eigenvalue weighted by Crippen LogP contribution is -2.42. The van der Waals surface area contributed by atoms with Gasteiger partial charge in [-0.25, -0.2) is 9.59 Å². The van der Waals surface area contributed by atoms with Crippen molar-refractivity contribution in [2.45, 2.75) is 78.0 Å². The fourth-order valence-electron chi connectivity index (χ4n) is 3.75. The molecule has 1 amide bonds. The summed E-state index contributed by atoms with van der Waals surface area (Å²) in [6, 6.07) is 5.36. The van der Waals surface area contributed by atoms with Crippen molar-refractivity contribution in [3.63, 3.8) is 0 Å². The number of aromatic carboxylic acids is 1. The zero-order valence-electron chi connectivity index (χ0n) is 17.8. The predicted octanol–water partition coefficient (Wildman–Crippen LogP) is 4.45. The third-order valence-electron chi connectivity index (χ3n) is 5.35. The molecule has 1 atom stereocenters. The van der Waals surface area contributed by atoms with E-state index in [9.17, 15) is 20.0 Å². The van der Waals surface area contributed by atoms with E-state index in [0.717, 1.165) is 25.7 Å². The van der Waals surface area contributed by atoms with Gasteiger partial charge in [-0.1, -0.05) is 0 Å². The molecule has 1 fully saturated rings. The fourth-order valence-corrected chi connectivity index (χ4v) is 3.75. The molecule has 1 saturated carbocycles. The number of anilines is 1. The number of carboxylic acids is 1. The summed E-state index contributed by atoms with van der Waals surface area (Å²) in [5.41, 5.74) is 1.27. The minimum Gasteiger partial charge on any atom is -0.478 e. The summed E-state index contributed by atoms with van der Waals surface area (Å²) in [7, 11) is 0. The second-order valence-corrected chi connectivity index (χ2v) is 8.80. The van der Waals surface area contributed by atoms with Crippen molar-refractivity contribution in [3.05, 3.63) is 28.8 Å². The number of alkyl carbamates (subject to hydrolysis) is 1. The van der Waals surface area contributed by atoms with Crippen LogP contribution in [0.25, 0.3) is 0 Å². The van der Waals surface area contributed by atoms with Crippen molar-refractivity contribution in [1.82, 2.24) is 5.32 Å². The van der Waals surface area contributed by atoms with Crippen molar-refractivity contribution in [3.8, 4) is 6.07 Å². The van der Waals surface area contributed by atoms with Gasteiger partial charge in [0.05, 0.1) is 17.2 Å². The molecule has 1 aliphatic carbocycles. The summed E-state index contributed by atoms with van der Waals surface area (Å²) in [6.07, 6.45) is 3.24. The van der Waals surface area contributed by atoms with Crippen LogP contribution in [0.3, 0.4) is 0 Å². The molecule has 29 heavy (non-hydrogen) atoms. The Morgan fingerprint density at radius 2 is 1.86 bits per heavy atom. The van der Waals surface area contributed by atoms with Crippen molar-refractivity contribution in [2.24, 2.45) is 5.92 Å². The van der Waals surface area contributed by atoms with Crippen LogP contribution in [0.4, 0.5) is 10.5 Å². The van der Waals surface area contributed by atoms with Crippen molar-refractivity contribution in [1.29, 1.82) is 5.26 Å². The number of hydrogen-bond acceptors (Lipinski definition) is 5. The first-order chi connectivity index (χ1) is 13.5. The summed E-state index contributed by atoms with van der Waals surface area (Å²) < 4.78 is 5.32. The molecule has 1 aromatic rings. The third kappa shape index (κ3) is 6.38. The Hall–Kier alpha value is -2.75. The molecule has 0 bridgehead atoms. The molecular formula is C22H31N3O4. The molecule has 2 rings (SSSR count). The van der Waals surface area contributed by atoms with Gasteiger partial charge in [-0.2, -0.15) is 5.26 Å². The standard InChI is InChI=1S/C22H31N3O4/c1-13-18(20(26)27)10-15(12-23)11-19(13)24-14(2)16-6-8-17(9-7-16)25-21(28)29-22(3,4)5/h10-11,14,16-17,24H,6-9H2,1-5H3,(H,25,28)(H,26,27). The Bertz CT molecular complexity index is 800. The van der Waals surface area contributed by atoms with Gasteiger partial charge in [-0.15, -0.1) is 0 Å². The first-order valence-electron chi connectivity index (χ1n) is 10.0. The number of amides is 1. The number of carbonyl (C=O) groups excluding carboxylic acids is 1. The van der Waals surface area contributed by atoms with Crippen LogP contribution >= 0.6 is 0 Å². The maximum absolute atomic E-state index is 11.9. The van der Waals surface area contributed by atoms with Gasteiger partial charge >= 0.3 is 12.1 Å². The number of nitrogens with one attached hydrogen (secondary N) is 2. The van der Waals surface area contributed by atoms with Gasteiger partial charge in [0.1, 0.15) is 5.60 Å². The molecule has 0 saturated heterocycles. The van der Waals surface area contributed by atoms with Crippen LogP contribution in [-0.4, -0.2) is 34.9 Å². The number of ether oxygens (including phenoxy) is 1. The monoisotopic (exact) mass is 401 g/mol. The van der Waals surface area contributed by atoms with Gasteiger partial charge in [-0.3, -0.25) is 0 Å². The van der Waals surface area contributed by atoms with E-state index in [1.807, 2.05) is 26.8 Å². The summed E-state index contributed by atoms with van der Waals surface area (Å²) in [5.74, 6) is -0.644. The first kappa shape index (κ1) is 22.5. The lowest BCUT2D eigenvalue weighted by atomic mass is 9.82. The number of carbonyl (C=O) groups is 2. The van der Waals surface area contributed by atoms with Crippen LogP contribution in [0.15, 0.2) is 12.1 Å². The molecule has 7 nitrogen and oxygen atoms in total. The van der Waals surface area contributed by atoms with E-state index in [1.54, 1.807) is 13.0 Å². The van der Waals surface area contributed by atoms with Crippen LogP contribution in [-0.2, 0) is 4.74 Å². The van der Waals surface area contributed by atoms with Crippen LogP contribution < -0.4 is 10.6 Å². The molecule has 7 heteroatoms. The highest BCUT2D eigenvalue weighted by molar-refractivity contribution is 5.92. The molecule has 1 aromatic carbocycles. The maximum atomic E-state index is 11.9. The van der Waals surface area contributed by atoms with E-state index < -0.39 is 11.6 Å². The summed E-state index contributed by atoms with van der Waals surface area (Å²) >= 11 is 0. The number of benzene rings is 1. The van der Waals surface area contributed by atoms with Crippen molar-refractivity contribution >= 4 is 17.7 Å². The van der Waals surface area contributed by atoms with Crippen LogP contribution in [0, 0.1) is 24.2 Å². The van der Waals surface area contributed by atoms with E-state index in [4.69, 9.17) is 4.74 Å². The number of hydrogen-bond donors (Lipinski definition) is 3. The lowest BCUT2D eigenvalue weighted by molar-refractivity contribution is 0.0486. The topological polar surface area (TPSA) is 111 Å².